The Hall–Kier alpha value is -2.45. The van der Waals surface area contributed by atoms with Crippen molar-refractivity contribution in [3.63, 3.8) is 0 Å². The van der Waals surface area contributed by atoms with Gasteiger partial charge in [-0.15, -0.1) is 6.58 Å². The summed E-state index contributed by atoms with van der Waals surface area (Å²) in [6.07, 6.45) is 5.00. The molecule has 1 aliphatic rings. The molecule has 0 unspecified atom stereocenters. The first-order valence-electron chi connectivity index (χ1n) is 8.48. The Morgan fingerprint density at radius 3 is 2.74 bits per heavy atom. The highest BCUT2D eigenvalue weighted by Crippen LogP contribution is 2.34. The van der Waals surface area contributed by atoms with Crippen LogP contribution in [0.4, 0.5) is 5.82 Å². The van der Waals surface area contributed by atoms with Gasteiger partial charge in [-0.3, -0.25) is 18.9 Å². The molecule has 0 spiro atoms. The Kier molecular flexibility index (Phi) is 5.48. The average Bonchev–Trinajstić information content (AvgIpc) is 2.90. The van der Waals surface area contributed by atoms with Crippen LogP contribution < -0.4 is 10.9 Å². The molecule has 3 heterocycles. The molecule has 1 fully saturated rings. The fraction of sp³-hybridized carbons (Fsp3) is 0.263. The third-order valence-corrected chi connectivity index (χ3v) is 5.37. The number of aryl methyl sites for hydroxylation is 1. The summed E-state index contributed by atoms with van der Waals surface area (Å²) in [5.41, 5.74) is 1.55. The van der Waals surface area contributed by atoms with E-state index < -0.39 is 0 Å². The van der Waals surface area contributed by atoms with Gasteiger partial charge in [0.2, 0.25) is 0 Å². The van der Waals surface area contributed by atoms with Gasteiger partial charge in [0, 0.05) is 18.8 Å². The van der Waals surface area contributed by atoms with Crippen LogP contribution in [0.2, 0.25) is 0 Å². The van der Waals surface area contributed by atoms with Crippen LogP contribution in [0.25, 0.3) is 11.7 Å². The summed E-state index contributed by atoms with van der Waals surface area (Å²) in [5, 5.41) is 3.09. The van der Waals surface area contributed by atoms with Crippen molar-refractivity contribution in [2.45, 2.75) is 26.8 Å². The molecule has 2 aromatic heterocycles. The van der Waals surface area contributed by atoms with Crippen molar-refractivity contribution in [3.8, 4) is 0 Å². The van der Waals surface area contributed by atoms with E-state index in [4.69, 9.17) is 12.2 Å². The van der Waals surface area contributed by atoms with Crippen LogP contribution in [0.1, 0.15) is 25.0 Å². The van der Waals surface area contributed by atoms with Crippen molar-refractivity contribution in [2.24, 2.45) is 0 Å². The number of carbonyl (C=O) groups is 1. The van der Waals surface area contributed by atoms with Crippen LogP contribution in [0.15, 0.2) is 40.7 Å². The number of hydrogen-bond donors (Lipinski definition) is 1. The lowest BCUT2D eigenvalue weighted by molar-refractivity contribution is -0.123. The smallest absolute Gasteiger partial charge is 0.267 e. The van der Waals surface area contributed by atoms with E-state index in [-0.39, 0.29) is 17.5 Å². The summed E-state index contributed by atoms with van der Waals surface area (Å²) < 4.78 is 1.98. The van der Waals surface area contributed by atoms with E-state index in [0.717, 1.165) is 5.56 Å². The van der Waals surface area contributed by atoms with E-state index in [1.807, 2.05) is 26.8 Å². The molecular weight excluding hydrogens is 380 g/mol. The summed E-state index contributed by atoms with van der Waals surface area (Å²) >= 11 is 6.52. The molecule has 0 radical (unpaired) electrons. The van der Waals surface area contributed by atoms with Crippen LogP contribution in [-0.4, -0.2) is 37.1 Å². The molecule has 6 nitrogen and oxygen atoms in total. The first-order valence-corrected chi connectivity index (χ1v) is 9.70. The van der Waals surface area contributed by atoms with Gasteiger partial charge in [-0.25, -0.2) is 4.98 Å². The number of pyridine rings is 1. The molecule has 8 heteroatoms. The number of anilines is 1. The highest BCUT2D eigenvalue weighted by molar-refractivity contribution is 8.26. The number of carbonyl (C=O) groups excluding carboxylic acids is 1. The van der Waals surface area contributed by atoms with E-state index in [1.165, 1.54) is 16.2 Å². The number of hydrogen-bond acceptors (Lipinski definition) is 6. The van der Waals surface area contributed by atoms with Crippen LogP contribution in [-0.2, 0) is 4.79 Å². The zero-order chi connectivity index (χ0) is 19.7. The Morgan fingerprint density at radius 1 is 1.37 bits per heavy atom. The summed E-state index contributed by atoms with van der Waals surface area (Å²) in [4.78, 5) is 32.3. The number of nitrogens with zero attached hydrogens (tertiary/aromatic N) is 3. The second-order valence-electron chi connectivity index (χ2n) is 6.43. The molecule has 140 valence electrons. The van der Waals surface area contributed by atoms with Crippen LogP contribution >= 0.6 is 24.0 Å². The molecule has 1 saturated heterocycles. The van der Waals surface area contributed by atoms with E-state index in [2.05, 4.69) is 16.9 Å². The molecule has 27 heavy (non-hydrogen) atoms. The quantitative estimate of drug-likeness (QED) is 0.472. The molecule has 0 atom stereocenters. The molecule has 3 rings (SSSR count). The van der Waals surface area contributed by atoms with Gasteiger partial charge < -0.3 is 5.32 Å². The molecule has 1 amide bonds. The minimum absolute atomic E-state index is 0.0414. The predicted octanol–water partition coefficient (Wildman–Crippen LogP) is 3.21. The van der Waals surface area contributed by atoms with Gasteiger partial charge >= 0.3 is 0 Å². The summed E-state index contributed by atoms with van der Waals surface area (Å²) in [6, 6.07) is 3.64. The number of rotatable bonds is 5. The fourth-order valence-electron chi connectivity index (χ4n) is 2.75. The van der Waals surface area contributed by atoms with E-state index in [1.54, 1.807) is 29.3 Å². The lowest BCUT2D eigenvalue weighted by atomic mass is 10.2. The van der Waals surface area contributed by atoms with E-state index in [9.17, 15) is 9.59 Å². The van der Waals surface area contributed by atoms with Gasteiger partial charge in [-0.1, -0.05) is 36.1 Å². The number of nitrogens with one attached hydrogen (secondary N) is 1. The van der Waals surface area contributed by atoms with Gasteiger partial charge in [0.1, 0.15) is 15.8 Å². The Morgan fingerprint density at radius 2 is 2.11 bits per heavy atom. The Labute approximate surface area is 167 Å². The molecule has 0 aliphatic carbocycles. The highest BCUT2D eigenvalue weighted by atomic mass is 32.2. The summed E-state index contributed by atoms with van der Waals surface area (Å²) in [6.45, 7) is 9.84. The minimum Gasteiger partial charge on any atom is -0.366 e. The minimum atomic E-state index is -0.245. The number of aromatic nitrogens is 2. The van der Waals surface area contributed by atoms with Crippen molar-refractivity contribution in [1.29, 1.82) is 0 Å². The molecule has 2 aromatic rings. The van der Waals surface area contributed by atoms with E-state index >= 15 is 0 Å². The van der Waals surface area contributed by atoms with Crippen LogP contribution in [0.5, 0.6) is 0 Å². The number of thiocarbonyl (C=S) groups is 1. The fourth-order valence-corrected chi connectivity index (χ4v) is 4.25. The maximum atomic E-state index is 13.1. The van der Waals surface area contributed by atoms with Gasteiger partial charge in [0.25, 0.3) is 11.5 Å². The SMILES string of the molecule is C=CCNc1nc2ccc(C)cn2c(=O)c1/C=C1/SC(=S)N(C(C)C)C1=O. The molecule has 0 bridgehead atoms. The highest BCUT2D eigenvalue weighted by Gasteiger charge is 2.34. The zero-order valence-electron chi connectivity index (χ0n) is 15.4. The van der Waals surface area contributed by atoms with Crippen LogP contribution in [0, 0.1) is 6.92 Å². The van der Waals surface area contributed by atoms with Crippen molar-refractivity contribution >= 4 is 51.7 Å². The van der Waals surface area contributed by atoms with Crippen molar-refractivity contribution < 1.29 is 4.79 Å². The second kappa shape index (κ2) is 7.66. The van der Waals surface area contributed by atoms with Crippen molar-refractivity contribution in [3.05, 3.63) is 57.4 Å². The van der Waals surface area contributed by atoms with Gasteiger partial charge in [-0.2, -0.15) is 0 Å². The molecule has 0 saturated carbocycles. The first kappa shape index (κ1) is 19.3. The molecule has 1 N–H and O–H groups in total. The summed E-state index contributed by atoms with van der Waals surface area (Å²) in [7, 11) is 0. The third kappa shape index (κ3) is 3.68. The van der Waals surface area contributed by atoms with Crippen molar-refractivity contribution in [1.82, 2.24) is 14.3 Å². The molecule has 1 aliphatic heterocycles. The number of thioether (sulfide) groups is 1. The monoisotopic (exact) mass is 400 g/mol. The predicted molar refractivity (Wildman–Crippen MR) is 115 cm³/mol. The van der Waals surface area contributed by atoms with Gasteiger partial charge in [-0.05, 0) is 38.5 Å². The number of fused-ring (bicyclic) bond motifs is 1. The topological polar surface area (TPSA) is 66.7 Å². The van der Waals surface area contributed by atoms with Crippen LogP contribution in [0.3, 0.4) is 0 Å². The number of amides is 1. The average molecular weight is 401 g/mol. The Bertz CT molecular complexity index is 1040. The van der Waals surface area contributed by atoms with E-state index in [0.29, 0.717) is 32.8 Å². The second-order valence-corrected chi connectivity index (χ2v) is 8.10. The maximum absolute atomic E-state index is 13.1. The standard InChI is InChI=1S/C19H20N4O2S2/c1-5-8-20-16-13(9-14-18(25)23(11(2)3)19(26)27-14)17(24)22-10-12(4)6-7-15(22)21-16/h5-7,9-11,20H,1,8H2,2-4H3/b14-9+. The molecule has 0 aromatic carbocycles. The lowest BCUT2D eigenvalue weighted by Crippen LogP contribution is -2.34. The zero-order valence-corrected chi connectivity index (χ0v) is 17.0. The third-order valence-electron chi connectivity index (χ3n) is 4.03. The van der Waals surface area contributed by atoms with Gasteiger partial charge in [0.15, 0.2) is 0 Å². The largest absolute Gasteiger partial charge is 0.366 e. The maximum Gasteiger partial charge on any atom is 0.267 e. The normalized spacial score (nSPS) is 16.0. The van der Waals surface area contributed by atoms with Gasteiger partial charge in [0.05, 0.1) is 10.5 Å². The Balaban J connectivity index is 2.18. The lowest BCUT2D eigenvalue weighted by Gasteiger charge is -2.18. The first-order chi connectivity index (χ1) is 12.8. The molecular formula is C19H20N4O2S2. The summed E-state index contributed by atoms with van der Waals surface area (Å²) in [5.74, 6) is 0.224. The van der Waals surface area contributed by atoms with Crippen molar-refractivity contribution in [2.75, 3.05) is 11.9 Å².